The van der Waals surface area contributed by atoms with Gasteiger partial charge in [0.15, 0.2) is 0 Å². The van der Waals surface area contributed by atoms with Crippen molar-refractivity contribution in [2.45, 2.75) is 25.9 Å². The molecule has 0 radical (unpaired) electrons. The lowest BCUT2D eigenvalue weighted by Gasteiger charge is -2.20. The van der Waals surface area contributed by atoms with E-state index in [1.165, 1.54) is 13.3 Å². The molecular formula is C21H20O4. The smallest absolute Gasteiger partial charge is 0.308 e. The van der Waals surface area contributed by atoms with E-state index in [2.05, 4.69) is 12.2 Å². The standard InChI is InChI=1S/C21H20O4/c1-14(22)23-17-4-6-18(7-5-17)24-19-8-10-20(11-9-19)25-21-13-15-2-3-16(21)12-15/h2-11,15-16,21H,12-13H2,1H3. The number of carbonyl (C=O) groups is 1. The SMILES string of the molecule is CC(=O)Oc1ccc(Oc2ccc(OC3CC4C=CC3C4)cc2)cc1. The van der Waals surface area contributed by atoms with Crippen LogP contribution in [0.3, 0.4) is 0 Å². The third kappa shape index (κ3) is 3.68. The van der Waals surface area contributed by atoms with Crippen LogP contribution in [0.1, 0.15) is 19.8 Å². The monoisotopic (exact) mass is 336 g/mol. The number of hydrogen-bond acceptors (Lipinski definition) is 4. The molecule has 0 N–H and O–H groups in total. The first-order valence-corrected chi connectivity index (χ1v) is 8.57. The van der Waals surface area contributed by atoms with E-state index in [4.69, 9.17) is 14.2 Å². The lowest BCUT2D eigenvalue weighted by atomic mass is 10.0. The van der Waals surface area contributed by atoms with E-state index in [-0.39, 0.29) is 5.97 Å². The van der Waals surface area contributed by atoms with Crippen LogP contribution in [0.15, 0.2) is 60.7 Å². The zero-order chi connectivity index (χ0) is 17.2. The quantitative estimate of drug-likeness (QED) is 0.449. The molecule has 3 unspecified atom stereocenters. The Hall–Kier alpha value is -2.75. The van der Waals surface area contributed by atoms with Crippen LogP contribution in [0, 0.1) is 11.8 Å². The topological polar surface area (TPSA) is 44.8 Å². The Morgan fingerprint density at radius 1 is 0.840 bits per heavy atom. The third-order valence-corrected chi connectivity index (χ3v) is 4.65. The van der Waals surface area contributed by atoms with Gasteiger partial charge in [0.25, 0.3) is 0 Å². The molecule has 1 fully saturated rings. The Bertz CT molecular complexity index is 777. The lowest BCUT2D eigenvalue weighted by Crippen LogP contribution is -2.21. The molecule has 2 aromatic carbocycles. The van der Waals surface area contributed by atoms with E-state index in [9.17, 15) is 4.79 Å². The molecule has 2 aliphatic carbocycles. The van der Waals surface area contributed by atoms with Gasteiger partial charge < -0.3 is 14.2 Å². The van der Waals surface area contributed by atoms with Crippen molar-refractivity contribution in [1.29, 1.82) is 0 Å². The van der Waals surface area contributed by atoms with Gasteiger partial charge in [-0.2, -0.15) is 0 Å². The zero-order valence-corrected chi connectivity index (χ0v) is 14.1. The van der Waals surface area contributed by atoms with E-state index in [1.54, 1.807) is 24.3 Å². The highest BCUT2D eigenvalue weighted by atomic mass is 16.5. The van der Waals surface area contributed by atoms with Gasteiger partial charge in [-0.3, -0.25) is 4.79 Å². The fourth-order valence-electron chi connectivity index (χ4n) is 3.50. The maximum Gasteiger partial charge on any atom is 0.308 e. The van der Waals surface area contributed by atoms with E-state index in [0.29, 0.717) is 29.4 Å². The fraction of sp³-hybridized carbons (Fsp3) is 0.286. The van der Waals surface area contributed by atoms with Gasteiger partial charge in [0.05, 0.1) is 0 Å². The molecule has 2 aromatic rings. The molecule has 0 aromatic heterocycles. The first-order chi connectivity index (χ1) is 12.2. The van der Waals surface area contributed by atoms with Gasteiger partial charge in [-0.25, -0.2) is 0 Å². The van der Waals surface area contributed by atoms with Crippen LogP contribution in [0.5, 0.6) is 23.0 Å². The van der Waals surface area contributed by atoms with Gasteiger partial charge in [-0.05, 0) is 67.3 Å². The highest BCUT2D eigenvalue weighted by Gasteiger charge is 2.37. The Morgan fingerprint density at radius 3 is 1.96 bits per heavy atom. The van der Waals surface area contributed by atoms with E-state index >= 15 is 0 Å². The number of ether oxygens (including phenoxy) is 3. The predicted molar refractivity (Wildman–Crippen MR) is 94.0 cm³/mol. The summed E-state index contributed by atoms with van der Waals surface area (Å²) < 4.78 is 16.9. The van der Waals surface area contributed by atoms with Crippen LogP contribution in [-0.4, -0.2) is 12.1 Å². The Balaban J connectivity index is 1.35. The van der Waals surface area contributed by atoms with Crippen molar-refractivity contribution in [3.63, 3.8) is 0 Å². The van der Waals surface area contributed by atoms with Gasteiger partial charge in [0.2, 0.25) is 0 Å². The van der Waals surface area contributed by atoms with Crippen LogP contribution in [0.4, 0.5) is 0 Å². The molecule has 2 bridgehead atoms. The lowest BCUT2D eigenvalue weighted by molar-refractivity contribution is -0.131. The van der Waals surface area contributed by atoms with Crippen molar-refractivity contribution in [3.8, 4) is 23.0 Å². The van der Waals surface area contributed by atoms with Crippen molar-refractivity contribution in [2.75, 3.05) is 0 Å². The molecule has 4 nitrogen and oxygen atoms in total. The molecule has 0 heterocycles. The van der Waals surface area contributed by atoms with Crippen molar-refractivity contribution in [2.24, 2.45) is 11.8 Å². The molecule has 25 heavy (non-hydrogen) atoms. The summed E-state index contributed by atoms with van der Waals surface area (Å²) in [5.74, 6) is 3.73. The number of allylic oxidation sites excluding steroid dienone is 1. The summed E-state index contributed by atoms with van der Waals surface area (Å²) in [4.78, 5) is 10.9. The maximum atomic E-state index is 10.9. The van der Waals surface area contributed by atoms with E-state index < -0.39 is 0 Å². The fourth-order valence-corrected chi connectivity index (χ4v) is 3.50. The van der Waals surface area contributed by atoms with Crippen molar-refractivity contribution >= 4 is 5.97 Å². The first kappa shape index (κ1) is 15.8. The third-order valence-electron chi connectivity index (χ3n) is 4.65. The average Bonchev–Trinajstić information content (AvgIpc) is 3.21. The van der Waals surface area contributed by atoms with Gasteiger partial charge in [-0.15, -0.1) is 0 Å². The molecule has 2 aliphatic rings. The summed E-state index contributed by atoms with van der Waals surface area (Å²) in [6.45, 7) is 1.38. The summed E-state index contributed by atoms with van der Waals surface area (Å²) in [6.07, 6.45) is 7.25. The van der Waals surface area contributed by atoms with Crippen LogP contribution in [0.25, 0.3) is 0 Å². The largest absolute Gasteiger partial charge is 0.490 e. The normalized spacial score (nSPS) is 23.5. The molecule has 128 valence electrons. The Labute approximate surface area is 147 Å². The predicted octanol–water partition coefficient (Wildman–Crippen LogP) is 4.75. The first-order valence-electron chi connectivity index (χ1n) is 8.57. The minimum absolute atomic E-state index is 0.301. The van der Waals surface area contributed by atoms with E-state index in [1.807, 2.05) is 24.3 Å². The maximum absolute atomic E-state index is 10.9. The van der Waals surface area contributed by atoms with Crippen LogP contribution < -0.4 is 14.2 Å². The molecule has 3 atom stereocenters. The van der Waals surface area contributed by atoms with Crippen molar-refractivity contribution in [3.05, 3.63) is 60.7 Å². The molecule has 0 spiro atoms. The van der Waals surface area contributed by atoms with Crippen LogP contribution in [0.2, 0.25) is 0 Å². The summed E-state index contributed by atoms with van der Waals surface area (Å²) >= 11 is 0. The molecule has 0 saturated heterocycles. The number of carbonyl (C=O) groups excluding carboxylic acids is 1. The highest BCUT2D eigenvalue weighted by Crippen LogP contribution is 2.41. The number of fused-ring (bicyclic) bond motifs is 2. The molecule has 4 heteroatoms. The second-order valence-corrected chi connectivity index (χ2v) is 6.58. The highest BCUT2D eigenvalue weighted by molar-refractivity contribution is 5.69. The number of esters is 1. The van der Waals surface area contributed by atoms with Gasteiger partial charge in [0.1, 0.15) is 29.1 Å². The summed E-state index contributed by atoms with van der Waals surface area (Å²) in [6, 6.07) is 14.6. The van der Waals surface area contributed by atoms with Crippen molar-refractivity contribution in [1.82, 2.24) is 0 Å². The minimum Gasteiger partial charge on any atom is -0.490 e. The molecule has 4 rings (SSSR count). The Kier molecular flexibility index (Phi) is 4.18. The summed E-state index contributed by atoms with van der Waals surface area (Å²) in [7, 11) is 0. The number of hydrogen-bond donors (Lipinski definition) is 0. The zero-order valence-electron chi connectivity index (χ0n) is 14.1. The molecule has 1 saturated carbocycles. The summed E-state index contributed by atoms with van der Waals surface area (Å²) in [5, 5.41) is 0. The molecule has 0 aliphatic heterocycles. The van der Waals surface area contributed by atoms with Gasteiger partial charge in [-0.1, -0.05) is 12.2 Å². The summed E-state index contributed by atoms with van der Waals surface area (Å²) in [5.41, 5.74) is 0. The molecule has 0 amide bonds. The van der Waals surface area contributed by atoms with Gasteiger partial charge in [0, 0.05) is 12.8 Å². The molecular weight excluding hydrogens is 316 g/mol. The number of benzene rings is 2. The average molecular weight is 336 g/mol. The second-order valence-electron chi connectivity index (χ2n) is 6.58. The van der Waals surface area contributed by atoms with E-state index in [0.717, 1.165) is 17.9 Å². The number of rotatable bonds is 5. The van der Waals surface area contributed by atoms with Crippen LogP contribution >= 0.6 is 0 Å². The second kappa shape index (κ2) is 6.63. The Morgan fingerprint density at radius 2 is 1.44 bits per heavy atom. The van der Waals surface area contributed by atoms with Crippen molar-refractivity contribution < 1.29 is 19.0 Å². The van der Waals surface area contributed by atoms with Gasteiger partial charge >= 0.3 is 5.97 Å². The van der Waals surface area contributed by atoms with Crippen LogP contribution in [-0.2, 0) is 4.79 Å². The minimum atomic E-state index is -0.338.